The number of rotatable bonds is 2. The molecular formula is C9H10N2OS. The summed E-state index contributed by atoms with van der Waals surface area (Å²) in [6.45, 7) is -0.000779. The number of imidazole rings is 1. The molecule has 2 aromatic rings. The van der Waals surface area contributed by atoms with Gasteiger partial charge < -0.3 is 9.67 Å². The zero-order valence-electron chi connectivity index (χ0n) is 7.27. The van der Waals surface area contributed by atoms with E-state index in [1.807, 2.05) is 35.3 Å². The predicted molar refractivity (Wildman–Crippen MR) is 52.4 cm³/mol. The second kappa shape index (κ2) is 3.32. The fourth-order valence-corrected chi connectivity index (χ4v) is 2.00. The molecular weight excluding hydrogens is 184 g/mol. The number of aliphatic hydroxyl groups is 1. The van der Waals surface area contributed by atoms with E-state index in [1.54, 1.807) is 11.3 Å². The Bertz CT molecular complexity index is 392. The van der Waals surface area contributed by atoms with Crippen LogP contribution in [-0.4, -0.2) is 14.7 Å². The van der Waals surface area contributed by atoms with E-state index in [1.165, 1.54) is 0 Å². The van der Waals surface area contributed by atoms with Crippen molar-refractivity contribution in [1.82, 2.24) is 9.55 Å². The highest BCUT2D eigenvalue weighted by Crippen LogP contribution is 2.23. The predicted octanol–water partition coefficient (Wildman–Crippen LogP) is 1.64. The fourth-order valence-electron chi connectivity index (χ4n) is 1.24. The molecule has 0 atom stereocenters. The summed E-state index contributed by atoms with van der Waals surface area (Å²) in [5.41, 5.74) is 0.714. The van der Waals surface area contributed by atoms with Crippen LogP contribution < -0.4 is 0 Å². The Balaban J connectivity index is 2.46. The van der Waals surface area contributed by atoms with E-state index in [2.05, 4.69) is 4.98 Å². The highest BCUT2D eigenvalue weighted by Gasteiger charge is 2.06. The van der Waals surface area contributed by atoms with E-state index < -0.39 is 0 Å². The van der Waals surface area contributed by atoms with Gasteiger partial charge in [0.15, 0.2) is 0 Å². The molecule has 2 aromatic heterocycles. The van der Waals surface area contributed by atoms with Gasteiger partial charge in [0, 0.05) is 13.2 Å². The van der Waals surface area contributed by atoms with Crippen LogP contribution in [0.3, 0.4) is 0 Å². The molecule has 0 fully saturated rings. The first-order chi connectivity index (χ1) is 6.31. The second-order valence-electron chi connectivity index (χ2n) is 2.80. The third-order valence-corrected chi connectivity index (χ3v) is 2.70. The van der Waals surface area contributed by atoms with Crippen LogP contribution in [0, 0.1) is 0 Å². The first-order valence-electron chi connectivity index (χ1n) is 3.98. The number of aromatic nitrogens is 2. The van der Waals surface area contributed by atoms with Crippen molar-refractivity contribution in [2.75, 3.05) is 0 Å². The first kappa shape index (κ1) is 8.47. The minimum absolute atomic E-state index is 0.000779. The smallest absolute Gasteiger partial charge is 0.150 e. The number of hydrogen-bond acceptors (Lipinski definition) is 3. The van der Waals surface area contributed by atoms with E-state index in [9.17, 15) is 0 Å². The van der Waals surface area contributed by atoms with E-state index in [0.29, 0.717) is 5.69 Å². The van der Waals surface area contributed by atoms with Crippen LogP contribution in [0.5, 0.6) is 0 Å². The van der Waals surface area contributed by atoms with Gasteiger partial charge in [0.25, 0.3) is 0 Å². The topological polar surface area (TPSA) is 38.0 Å². The SMILES string of the molecule is Cn1cc(CO)nc1-c1cccs1. The van der Waals surface area contributed by atoms with Crippen molar-refractivity contribution < 1.29 is 5.11 Å². The standard InChI is InChI=1S/C9H10N2OS/c1-11-5-7(6-12)10-9(11)8-3-2-4-13-8/h2-5,12H,6H2,1H3. The van der Waals surface area contributed by atoms with Gasteiger partial charge in [-0.05, 0) is 11.4 Å². The molecule has 2 rings (SSSR count). The lowest BCUT2D eigenvalue weighted by Gasteiger charge is -1.95. The number of aliphatic hydroxyl groups excluding tert-OH is 1. The molecule has 2 heterocycles. The Morgan fingerprint density at radius 2 is 2.46 bits per heavy atom. The van der Waals surface area contributed by atoms with E-state index in [0.717, 1.165) is 10.7 Å². The van der Waals surface area contributed by atoms with Gasteiger partial charge in [0.2, 0.25) is 0 Å². The number of hydrogen-bond donors (Lipinski definition) is 1. The zero-order valence-corrected chi connectivity index (χ0v) is 8.08. The van der Waals surface area contributed by atoms with Crippen LogP contribution in [0.15, 0.2) is 23.7 Å². The van der Waals surface area contributed by atoms with Crippen LogP contribution in [0.1, 0.15) is 5.69 Å². The van der Waals surface area contributed by atoms with Gasteiger partial charge >= 0.3 is 0 Å². The van der Waals surface area contributed by atoms with Crippen molar-refractivity contribution in [3.8, 4) is 10.7 Å². The molecule has 0 saturated heterocycles. The molecule has 68 valence electrons. The largest absolute Gasteiger partial charge is 0.390 e. The summed E-state index contributed by atoms with van der Waals surface area (Å²) in [7, 11) is 1.93. The quantitative estimate of drug-likeness (QED) is 0.789. The number of nitrogens with zero attached hydrogens (tertiary/aromatic N) is 2. The molecule has 0 radical (unpaired) electrons. The maximum atomic E-state index is 8.90. The molecule has 0 aliphatic heterocycles. The Morgan fingerprint density at radius 1 is 1.62 bits per heavy atom. The summed E-state index contributed by atoms with van der Waals surface area (Å²) in [6, 6.07) is 4.02. The van der Waals surface area contributed by atoms with E-state index >= 15 is 0 Å². The Morgan fingerprint density at radius 3 is 3.00 bits per heavy atom. The lowest BCUT2D eigenvalue weighted by atomic mass is 10.4. The molecule has 0 amide bonds. The minimum Gasteiger partial charge on any atom is -0.390 e. The summed E-state index contributed by atoms with van der Waals surface area (Å²) in [5.74, 6) is 0.916. The molecule has 0 bridgehead atoms. The molecule has 0 aliphatic rings. The normalized spacial score (nSPS) is 10.6. The third-order valence-electron chi connectivity index (χ3n) is 1.83. The van der Waals surface area contributed by atoms with Crippen molar-refractivity contribution in [2.24, 2.45) is 7.05 Å². The van der Waals surface area contributed by atoms with Gasteiger partial charge in [-0.1, -0.05) is 6.07 Å². The van der Waals surface area contributed by atoms with Gasteiger partial charge in [-0.25, -0.2) is 4.98 Å². The third kappa shape index (κ3) is 1.50. The van der Waals surface area contributed by atoms with Crippen molar-refractivity contribution in [3.63, 3.8) is 0 Å². The van der Waals surface area contributed by atoms with E-state index in [-0.39, 0.29) is 6.61 Å². The Labute approximate surface area is 80.3 Å². The summed E-state index contributed by atoms with van der Waals surface area (Å²) < 4.78 is 1.93. The zero-order chi connectivity index (χ0) is 9.26. The van der Waals surface area contributed by atoms with Crippen LogP contribution >= 0.6 is 11.3 Å². The number of aryl methyl sites for hydroxylation is 1. The molecule has 0 unspecified atom stereocenters. The lowest BCUT2D eigenvalue weighted by molar-refractivity contribution is 0.277. The molecule has 0 aromatic carbocycles. The average Bonchev–Trinajstić information content (AvgIpc) is 2.72. The van der Waals surface area contributed by atoms with Crippen molar-refractivity contribution in [3.05, 3.63) is 29.4 Å². The monoisotopic (exact) mass is 194 g/mol. The van der Waals surface area contributed by atoms with Crippen molar-refractivity contribution >= 4 is 11.3 Å². The molecule has 1 N–H and O–H groups in total. The Hall–Kier alpha value is -1.13. The van der Waals surface area contributed by atoms with Gasteiger partial charge in [0.1, 0.15) is 5.82 Å². The van der Waals surface area contributed by atoms with E-state index in [4.69, 9.17) is 5.11 Å². The van der Waals surface area contributed by atoms with Crippen LogP contribution in [-0.2, 0) is 13.7 Å². The summed E-state index contributed by atoms with van der Waals surface area (Å²) in [6.07, 6.45) is 1.84. The maximum absolute atomic E-state index is 8.90. The summed E-state index contributed by atoms with van der Waals surface area (Å²) in [4.78, 5) is 5.42. The molecule has 0 spiro atoms. The first-order valence-corrected chi connectivity index (χ1v) is 4.86. The van der Waals surface area contributed by atoms with Crippen LogP contribution in [0.25, 0.3) is 10.7 Å². The van der Waals surface area contributed by atoms with Gasteiger partial charge in [-0.15, -0.1) is 11.3 Å². The second-order valence-corrected chi connectivity index (χ2v) is 3.75. The fraction of sp³-hybridized carbons (Fsp3) is 0.222. The van der Waals surface area contributed by atoms with Crippen LogP contribution in [0.4, 0.5) is 0 Å². The summed E-state index contributed by atoms with van der Waals surface area (Å²) in [5, 5.41) is 10.9. The van der Waals surface area contributed by atoms with Gasteiger partial charge in [0.05, 0.1) is 17.2 Å². The Kier molecular flexibility index (Phi) is 2.16. The molecule has 13 heavy (non-hydrogen) atoms. The molecule has 0 saturated carbocycles. The highest BCUT2D eigenvalue weighted by molar-refractivity contribution is 7.13. The lowest BCUT2D eigenvalue weighted by Crippen LogP contribution is -1.87. The number of thiophene rings is 1. The maximum Gasteiger partial charge on any atom is 0.150 e. The van der Waals surface area contributed by atoms with Gasteiger partial charge in [-0.3, -0.25) is 0 Å². The molecule has 4 heteroatoms. The average molecular weight is 194 g/mol. The van der Waals surface area contributed by atoms with Crippen LogP contribution in [0.2, 0.25) is 0 Å². The van der Waals surface area contributed by atoms with Crippen molar-refractivity contribution in [2.45, 2.75) is 6.61 Å². The summed E-state index contributed by atoms with van der Waals surface area (Å²) >= 11 is 1.65. The molecule has 3 nitrogen and oxygen atoms in total. The van der Waals surface area contributed by atoms with Crippen molar-refractivity contribution in [1.29, 1.82) is 0 Å². The molecule has 0 aliphatic carbocycles. The minimum atomic E-state index is -0.000779. The van der Waals surface area contributed by atoms with Gasteiger partial charge in [-0.2, -0.15) is 0 Å². The highest BCUT2D eigenvalue weighted by atomic mass is 32.1.